The van der Waals surface area contributed by atoms with E-state index < -0.39 is 0 Å². The summed E-state index contributed by atoms with van der Waals surface area (Å²) in [5.41, 5.74) is 8.44. The summed E-state index contributed by atoms with van der Waals surface area (Å²) in [6.07, 6.45) is 0. The summed E-state index contributed by atoms with van der Waals surface area (Å²) >= 11 is 0. The van der Waals surface area contributed by atoms with Crippen LogP contribution in [0.15, 0.2) is 53.1 Å². The van der Waals surface area contributed by atoms with Gasteiger partial charge in [0, 0.05) is 42.5 Å². The highest BCUT2D eigenvalue weighted by Gasteiger charge is 2.11. The number of benzene rings is 1. The van der Waals surface area contributed by atoms with E-state index in [4.69, 9.17) is 10.3 Å². The molecule has 0 aliphatic heterocycles. The lowest BCUT2D eigenvalue weighted by molar-refractivity contribution is 0.390. The third-order valence-electron chi connectivity index (χ3n) is 4.70. The smallest absolute Gasteiger partial charge is 0.227 e. The molecule has 0 saturated heterocycles. The minimum Gasteiger partial charge on any atom is -0.369 e. The van der Waals surface area contributed by atoms with Gasteiger partial charge >= 0.3 is 0 Å². The van der Waals surface area contributed by atoms with Gasteiger partial charge in [-0.2, -0.15) is 15.1 Å². The molecule has 0 aliphatic rings. The topological polar surface area (TPSA) is 143 Å². The standard InChI is InChI=1S/C22H27N9O/c1-14(2)17-11-21(30-29-17)26-20-12-19(24-9-8-23)27-22(28-20)25-13-16-10-18(31-32-16)15-6-4-3-5-7-15/h3-7,10-12,14H,8-9,13,23H2,1-2H3,(H4,24,25,26,27,28,29,30). The maximum atomic E-state index is 5.62. The molecule has 3 aromatic heterocycles. The Hall–Kier alpha value is -3.92. The highest BCUT2D eigenvalue weighted by Crippen LogP contribution is 2.22. The summed E-state index contributed by atoms with van der Waals surface area (Å²) in [5, 5.41) is 21.1. The minimum absolute atomic E-state index is 0.352. The molecule has 3 heterocycles. The molecule has 0 radical (unpaired) electrons. The van der Waals surface area contributed by atoms with Crippen LogP contribution in [0.1, 0.15) is 31.2 Å². The normalized spacial score (nSPS) is 11.0. The van der Waals surface area contributed by atoms with Crippen LogP contribution in [0.2, 0.25) is 0 Å². The van der Waals surface area contributed by atoms with Crippen molar-refractivity contribution in [1.82, 2.24) is 25.3 Å². The molecule has 0 amide bonds. The maximum Gasteiger partial charge on any atom is 0.227 e. The van der Waals surface area contributed by atoms with Gasteiger partial charge in [-0.15, -0.1) is 0 Å². The van der Waals surface area contributed by atoms with Gasteiger partial charge in [0.25, 0.3) is 0 Å². The first-order valence-corrected chi connectivity index (χ1v) is 10.5. The molecule has 6 N–H and O–H groups in total. The van der Waals surface area contributed by atoms with Crippen molar-refractivity contribution in [2.45, 2.75) is 26.3 Å². The zero-order valence-corrected chi connectivity index (χ0v) is 18.1. The fourth-order valence-electron chi connectivity index (χ4n) is 3.02. The van der Waals surface area contributed by atoms with E-state index in [2.05, 4.69) is 55.1 Å². The van der Waals surface area contributed by atoms with Crippen LogP contribution in [0.4, 0.5) is 23.4 Å². The van der Waals surface area contributed by atoms with Gasteiger partial charge in [0.2, 0.25) is 5.95 Å². The van der Waals surface area contributed by atoms with Crippen LogP contribution >= 0.6 is 0 Å². The lowest BCUT2D eigenvalue weighted by Gasteiger charge is -2.10. The van der Waals surface area contributed by atoms with Crippen molar-refractivity contribution in [2.24, 2.45) is 5.73 Å². The number of aromatic amines is 1. The third kappa shape index (κ3) is 5.41. The fraction of sp³-hybridized carbons (Fsp3) is 0.273. The molecule has 0 fully saturated rings. The summed E-state index contributed by atoms with van der Waals surface area (Å²) in [4.78, 5) is 9.06. The number of nitrogens with zero attached hydrogens (tertiary/aromatic N) is 4. The lowest BCUT2D eigenvalue weighted by Crippen LogP contribution is -2.15. The molecule has 10 nitrogen and oxygen atoms in total. The number of hydrogen-bond acceptors (Lipinski definition) is 9. The predicted molar refractivity (Wildman–Crippen MR) is 125 cm³/mol. The summed E-state index contributed by atoms with van der Waals surface area (Å²) in [7, 11) is 0. The van der Waals surface area contributed by atoms with E-state index in [9.17, 15) is 0 Å². The Morgan fingerprint density at radius 2 is 1.81 bits per heavy atom. The number of aromatic nitrogens is 5. The molecule has 0 bridgehead atoms. The number of H-pyrrole nitrogens is 1. The van der Waals surface area contributed by atoms with Gasteiger partial charge in [0.15, 0.2) is 11.6 Å². The van der Waals surface area contributed by atoms with Gasteiger partial charge in [0.05, 0.1) is 6.54 Å². The largest absolute Gasteiger partial charge is 0.369 e. The van der Waals surface area contributed by atoms with Crippen molar-refractivity contribution >= 4 is 23.4 Å². The summed E-state index contributed by atoms with van der Waals surface area (Å²) < 4.78 is 5.46. The van der Waals surface area contributed by atoms with E-state index in [1.165, 1.54) is 0 Å². The quantitative estimate of drug-likeness (QED) is 0.253. The average Bonchev–Trinajstić information content (AvgIpc) is 3.47. The summed E-state index contributed by atoms with van der Waals surface area (Å²) in [6.45, 7) is 5.68. The maximum absolute atomic E-state index is 5.62. The van der Waals surface area contributed by atoms with Gasteiger partial charge < -0.3 is 26.2 Å². The molecule has 1 aromatic carbocycles. The summed E-state index contributed by atoms with van der Waals surface area (Å²) in [6, 6.07) is 15.5. The summed E-state index contributed by atoms with van der Waals surface area (Å²) in [5.74, 6) is 3.41. The first-order valence-electron chi connectivity index (χ1n) is 10.5. The molecular weight excluding hydrogens is 406 g/mol. The predicted octanol–water partition coefficient (Wildman–Crippen LogP) is 3.70. The van der Waals surface area contributed by atoms with E-state index in [1.54, 1.807) is 0 Å². The monoisotopic (exact) mass is 433 g/mol. The minimum atomic E-state index is 0.352. The van der Waals surface area contributed by atoms with Crippen LogP contribution in [-0.4, -0.2) is 38.4 Å². The van der Waals surface area contributed by atoms with Crippen LogP contribution in [-0.2, 0) is 6.54 Å². The van der Waals surface area contributed by atoms with Crippen molar-refractivity contribution in [3.05, 3.63) is 60.0 Å². The second-order valence-corrected chi connectivity index (χ2v) is 7.56. The molecule has 32 heavy (non-hydrogen) atoms. The Balaban J connectivity index is 1.48. The van der Waals surface area contributed by atoms with Crippen molar-refractivity contribution < 1.29 is 4.52 Å². The number of nitrogens with one attached hydrogen (secondary N) is 4. The molecule has 4 aromatic rings. The zero-order chi connectivity index (χ0) is 22.3. The first-order chi connectivity index (χ1) is 15.6. The second kappa shape index (κ2) is 9.92. The lowest BCUT2D eigenvalue weighted by atomic mass is 10.1. The molecule has 10 heteroatoms. The van der Waals surface area contributed by atoms with Gasteiger partial charge in [-0.05, 0) is 5.92 Å². The Labute approximate surface area is 186 Å². The highest BCUT2D eigenvalue weighted by molar-refractivity contribution is 5.60. The molecule has 0 saturated carbocycles. The fourth-order valence-corrected chi connectivity index (χ4v) is 3.02. The van der Waals surface area contributed by atoms with E-state index in [0.29, 0.717) is 54.7 Å². The Bertz CT molecular complexity index is 1140. The molecular formula is C22H27N9O. The van der Waals surface area contributed by atoms with Crippen molar-refractivity contribution in [3.8, 4) is 11.3 Å². The molecule has 4 rings (SSSR count). The zero-order valence-electron chi connectivity index (χ0n) is 18.1. The van der Waals surface area contributed by atoms with Gasteiger partial charge in [-0.25, -0.2) is 0 Å². The van der Waals surface area contributed by atoms with Crippen LogP contribution in [0.5, 0.6) is 0 Å². The van der Waals surface area contributed by atoms with Gasteiger partial charge in [0.1, 0.15) is 17.3 Å². The Kier molecular flexibility index (Phi) is 6.61. The average molecular weight is 434 g/mol. The van der Waals surface area contributed by atoms with Crippen molar-refractivity contribution in [2.75, 3.05) is 29.0 Å². The Morgan fingerprint density at radius 1 is 1.00 bits per heavy atom. The van der Waals surface area contributed by atoms with E-state index >= 15 is 0 Å². The van der Waals surface area contributed by atoms with Crippen molar-refractivity contribution in [3.63, 3.8) is 0 Å². The number of anilines is 4. The number of hydrogen-bond donors (Lipinski definition) is 5. The highest BCUT2D eigenvalue weighted by atomic mass is 16.5. The van der Waals surface area contributed by atoms with Crippen LogP contribution < -0.4 is 21.7 Å². The van der Waals surface area contributed by atoms with Crippen LogP contribution in [0, 0.1) is 0 Å². The number of rotatable bonds is 10. The van der Waals surface area contributed by atoms with E-state index in [0.717, 1.165) is 17.0 Å². The number of nitrogens with two attached hydrogens (primary N) is 1. The molecule has 0 aliphatic carbocycles. The third-order valence-corrected chi connectivity index (χ3v) is 4.70. The molecule has 0 unspecified atom stereocenters. The van der Waals surface area contributed by atoms with Crippen molar-refractivity contribution in [1.29, 1.82) is 0 Å². The van der Waals surface area contributed by atoms with Crippen LogP contribution in [0.3, 0.4) is 0 Å². The molecule has 166 valence electrons. The SMILES string of the molecule is CC(C)c1cc(Nc2cc(NCCN)nc(NCc3cc(-c4ccccc4)no3)n2)n[nH]1. The molecule has 0 spiro atoms. The van der Waals surface area contributed by atoms with E-state index in [1.807, 2.05) is 48.5 Å². The first kappa shape index (κ1) is 21.3. The second-order valence-electron chi connectivity index (χ2n) is 7.56. The van der Waals surface area contributed by atoms with Gasteiger partial charge in [-0.1, -0.05) is 49.3 Å². The van der Waals surface area contributed by atoms with Gasteiger partial charge in [-0.3, -0.25) is 5.10 Å². The van der Waals surface area contributed by atoms with Crippen LogP contribution in [0.25, 0.3) is 11.3 Å². The van der Waals surface area contributed by atoms with E-state index in [-0.39, 0.29) is 0 Å². The molecule has 0 atom stereocenters. The Morgan fingerprint density at radius 3 is 2.56 bits per heavy atom.